The molecular formula is C22H19BrN2O5. The van der Waals surface area contributed by atoms with E-state index in [4.69, 9.17) is 14.6 Å². The second kappa shape index (κ2) is 10.8. The van der Waals surface area contributed by atoms with Gasteiger partial charge in [-0.15, -0.1) is 0 Å². The van der Waals surface area contributed by atoms with Crippen molar-refractivity contribution in [2.75, 3.05) is 18.5 Å². The van der Waals surface area contributed by atoms with E-state index in [2.05, 4.69) is 27.8 Å². The summed E-state index contributed by atoms with van der Waals surface area (Å²) in [6, 6.07) is 11.0. The summed E-state index contributed by atoms with van der Waals surface area (Å²) in [6.07, 6.45) is 3.01. The number of carboxylic acids is 1. The Morgan fingerprint density at radius 2 is 2.00 bits per heavy atom. The molecule has 0 saturated carbocycles. The SMILES string of the molecule is C=CCOc1cc(Br)c(/C=C(/C#N)C(=O)Nc2cccc(C(=O)O)c2)cc1OCC. The Morgan fingerprint density at radius 1 is 1.27 bits per heavy atom. The monoisotopic (exact) mass is 470 g/mol. The Hall–Kier alpha value is -3.57. The first-order chi connectivity index (χ1) is 14.4. The first-order valence-corrected chi connectivity index (χ1v) is 9.65. The van der Waals surface area contributed by atoms with Gasteiger partial charge in [0, 0.05) is 10.2 Å². The molecule has 0 spiro atoms. The van der Waals surface area contributed by atoms with E-state index in [1.54, 1.807) is 18.2 Å². The van der Waals surface area contributed by atoms with Crippen LogP contribution in [-0.4, -0.2) is 30.2 Å². The fraction of sp³-hybridized carbons (Fsp3) is 0.136. The molecule has 2 aromatic carbocycles. The first kappa shape index (κ1) is 22.7. The maximum absolute atomic E-state index is 12.5. The van der Waals surface area contributed by atoms with Crippen molar-refractivity contribution in [1.82, 2.24) is 0 Å². The van der Waals surface area contributed by atoms with Crippen LogP contribution >= 0.6 is 15.9 Å². The maximum Gasteiger partial charge on any atom is 0.335 e. The average molecular weight is 471 g/mol. The summed E-state index contributed by atoms with van der Waals surface area (Å²) in [4.78, 5) is 23.6. The van der Waals surface area contributed by atoms with Crippen molar-refractivity contribution in [3.05, 3.63) is 70.2 Å². The van der Waals surface area contributed by atoms with Gasteiger partial charge in [-0.2, -0.15) is 5.26 Å². The number of nitrogens with one attached hydrogen (secondary N) is 1. The van der Waals surface area contributed by atoms with Crippen LogP contribution in [0.4, 0.5) is 5.69 Å². The smallest absolute Gasteiger partial charge is 0.335 e. The van der Waals surface area contributed by atoms with Gasteiger partial charge in [-0.3, -0.25) is 4.79 Å². The zero-order valence-corrected chi connectivity index (χ0v) is 17.7. The van der Waals surface area contributed by atoms with Crippen molar-refractivity contribution < 1.29 is 24.2 Å². The fourth-order valence-corrected chi connectivity index (χ4v) is 2.86. The molecule has 0 atom stereocenters. The number of nitriles is 1. The third-order valence-electron chi connectivity index (χ3n) is 3.75. The maximum atomic E-state index is 12.5. The van der Waals surface area contributed by atoms with Crippen LogP contribution in [0.25, 0.3) is 6.08 Å². The Bertz CT molecular complexity index is 1040. The van der Waals surface area contributed by atoms with E-state index in [9.17, 15) is 14.9 Å². The Labute approximate surface area is 182 Å². The molecule has 2 aromatic rings. The summed E-state index contributed by atoms with van der Waals surface area (Å²) >= 11 is 3.41. The van der Waals surface area contributed by atoms with Gasteiger partial charge in [0.2, 0.25) is 0 Å². The van der Waals surface area contributed by atoms with Crippen LogP contribution in [0.3, 0.4) is 0 Å². The van der Waals surface area contributed by atoms with E-state index in [1.807, 2.05) is 13.0 Å². The number of hydrogen-bond donors (Lipinski definition) is 2. The highest BCUT2D eigenvalue weighted by atomic mass is 79.9. The lowest BCUT2D eigenvalue weighted by atomic mass is 10.1. The number of aromatic carboxylic acids is 1. The van der Waals surface area contributed by atoms with Gasteiger partial charge in [-0.1, -0.05) is 34.7 Å². The number of anilines is 1. The van der Waals surface area contributed by atoms with Crippen LogP contribution < -0.4 is 14.8 Å². The van der Waals surface area contributed by atoms with Crippen LogP contribution in [0.2, 0.25) is 0 Å². The number of hydrogen-bond acceptors (Lipinski definition) is 5. The van der Waals surface area contributed by atoms with E-state index in [0.29, 0.717) is 34.7 Å². The van der Waals surface area contributed by atoms with Crippen LogP contribution in [0.15, 0.2) is 59.1 Å². The van der Waals surface area contributed by atoms with E-state index in [-0.39, 0.29) is 16.8 Å². The molecule has 2 rings (SSSR count). The Kier molecular flexibility index (Phi) is 8.20. The predicted octanol–water partition coefficient (Wildman–Crippen LogP) is 4.66. The number of carbonyl (C=O) groups excluding carboxylic acids is 1. The summed E-state index contributed by atoms with van der Waals surface area (Å²) in [5.74, 6) is -0.833. The molecule has 0 aliphatic heterocycles. The number of nitrogens with zero attached hydrogens (tertiary/aromatic N) is 1. The first-order valence-electron chi connectivity index (χ1n) is 8.86. The van der Waals surface area contributed by atoms with Crippen molar-refractivity contribution in [2.45, 2.75) is 6.92 Å². The number of halogens is 1. The summed E-state index contributed by atoms with van der Waals surface area (Å²) in [5.41, 5.74) is 0.659. The van der Waals surface area contributed by atoms with Crippen molar-refractivity contribution in [3.8, 4) is 17.6 Å². The van der Waals surface area contributed by atoms with Crippen molar-refractivity contribution >= 4 is 39.6 Å². The number of rotatable bonds is 9. The molecule has 0 bridgehead atoms. The van der Waals surface area contributed by atoms with Gasteiger partial charge in [0.05, 0.1) is 12.2 Å². The average Bonchev–Trinajstić information content (AvgIpc) is 2.72. The van der Waals surface area contributed by atoms with Crippen LogP contribution in [0.1, 0.15) is 22.8 Å². The molecule has 0 radical (unpaired) electrons. The topological polar surface area (TPSA) is 109 Å². The predicted molar refractivity (Wildman–Crippen MR) is 117 cm³/mol. The van der Waals surface area contributed by atoms with Crippen molar-refractivity contribution in [2.24, 2.45) is 0 Å². The summed E-state index contributed by atoms with van der Waals surface area (Å²) in [7, 11) is 0. The summed E-state index contributed by atoms with van der Waals surface area (Å²) in [6.45, 7) is 6.14. The van der Waals surface area contributed by atoms with Gasteiger partial charge in [-0.05, 0) is 48.9 Å². The fourth-order valence-electron chi connectivity index (χ4n) is 2.42. The van der Waals surface area contributed by atoms with Crippen LogP contribution in [0.5, 0.6) is 11.5 Å². The number of carbonyl (C=O) groups is 2. The lowest BCUT2D eigenvalue weighted by Crippen LogP contribution is -2.14. The minimum absolute atomic E-state index is 0.0227. The van der Waals surface area contributed by atoms with Gasteiger partial charge in [0.1, 0.15) is 18.2 Å². The molecule has 8 heteroatoms. The van der Waals surface area contributed by atoms with Crippen LogP contribution in [-0.2, 0) is 4.79 Å². The van der Waals surface area contributed by atoms with E-state index in [0.717, 1.165) is 0 Å². The normalized spacial score (nSPS) is 10.6. The highest BCUT2D eigenvalue weighted by Gasteiger charge is 2.14. The summed E-state index contributed by atoms with van der Waals surface area (Å²) < 4.78 is 11.8. The lowest BCUT2D eigenvalue weighted by molar-refractivity contribution is -0.112. The second-order valence-electron chi connectivity index (χ2n) is 5.86. The van der Waals surface area contributed by atoms with Crippen LogP contribution in [0, 0.1) is 11.3 Å². The molecule has 0 heterocycles. The molecular weight excluding hydrogens is 452 g/mol. The molecule has 7 nitrogen and oxygen atoms in total. The zero-order valence-electron chi connectivity index (χ0n) is 16.1. The van der Waals surface area contributed by atoms with Gasteiger partial charge in [0.25, 0.3) is 5.91 Å². The molecule has 0 unspecified atom stereocenters. The minimum Gasteiger partial charge on any atom is -0.490 e. The highest BCUT2D eigenvalue weighted by molar-refractivity contribution is 9.10. The molecule has 0 aromatic heterocycles. The Morgan fingerprint density at radius 3 is 2.63 bits per heavy atom. The highest BCUT2D eigenvalue weighted by Crippen LogP contribution is 2.35. The van der Waals surface area contributed by atoms with E-state index < -0.39 is 11.9 Å². The minimum atomic E-state index is -1.12. The molecule has 154 valence electrons. The second-order valence-corrected chi connectivity index (χ2v) is 6.72. The molecule has 30 heavy (non-hydrogen) atoms. The standard InChI is InChI=1S/C22H19BrN2O5/c1-3-8-30-20-12-18(23)15(11-19(20)29-4-2)9-16(13-24)21(26)25-17-7-5-6-14(10-17)22(27)28/h3,5-7,9-12H,1,4,8H2,2H3,(H,25,26)(H,27,28)/b16-9-. The van der Waals surface area contributed by atoms with Gasteiger partial charge < -0.3 is 19.9 Å². The van der Waals surface area contributed by atoms with Gasteiger partial charge in [-0.25, -0.2) is 4.79 Å². The quantitative estimate of drug-likeness (QED) is 0.313. The number of amides is 1. The number of carboxylic acid groups (broad SMARTS) is 1. The number of ether oxygens (including phenoxy) is 2. The third-order valence-corrected chi connectivity index (χ3v) is 4.44. The summed E-state index contributed by atoms with van der Waals surface area (Å²) in [5, 5.41) is 21.0. The molecule has 0 fully saturated rings. The van der Waals surface area contributed by atoms with Crippen molar-refractivity contribution in [3.63, 3.8) is 0 Å². The van der Waals surface area contributed by atoms with Gasteiger partial charge in [0.15, 0.2) is 11.5 Å². The number of benzene rings is 2. The van der Waals surface area contributed by atoms with E-state index in [1.165, 1.54) is 30.3 Å². The molecule has 1 amide bonds. The molecule has 2 N–H and O–H groups in total. The largest absolute Gasteiger partial charge is 0.490 e. The Balaban J connectivity index is 2.34. The molecule has 0 aliphatic rings. The molecule has 0 aliphatic carbocycles. The third kappa shape index (κ3) is 5.96. The van der Waals surface area contributed by atoms with E-state index >= 15 is 0 Å². The van der Waals surface area contributed by atoms with Crippen molar-refractivity contribution in [1.29, 1.82) is 5.26 Å². The van der Waals surface area contributed by atoms with Gasteiger partial charge >= 0.3 is 5.97 Å². The zero-order chi connectivity index (χ0) is 22.1. The lowest BCUT2D eigenvalue weighted by Gasteiger charge is -2.13. The molecule has 0 saturated heterocycles.